The summed E-state index contributed by atoms with van der Waals surface area (Å²) < 4.78 is 5.05. The number of piperidine rings is 1. The first kappa shape index (κ1) is 13.7. The average Bonchev–Trinajstić information content (AvgIpc) is 2.45. The molecule has 1 aromatic rings. The van der Waals surface area contributed by atoms with Crippen molar-refractivity contribution in [2.75, 3.05) is 6.54 Å². The predicted octanol–water partition coefficient (Wildman–Crippen LogP) is 1.69. The molecule has 1 heterocycles. The molecular formula is C15H19NO3. The summed E-state index contributed by atoms with van der Waals surface area (Å²) in [6.07, 6.45) is 1.75. The fourth-order valence-corrected chi connectivity index (χ4v) is 2.24. The van der Waals surface area contributed by atoms with Gasteiger partial charge in [0, 0.05) is 0 Å². The molecule has 4 heteroatoms. The van der Waals surface area contributed by atoms with Gasteiger partial charge in [0.25, 0.3) is 5.78 Å². The van der Waals surface area contributed by atoms with Crippen molar-refractivity contribution in [1.29, 1.82) is 0 Å². The molecule has 4 nitrogen and oxygen atoms in total. The Morgan fingerprint density at radius 1 is 1.32 bits per heavy atom. The number of ether oxygens (including phenoxy) is 1. The Labute approximate surface area is 113 Å². The third-order valence-electron chi connectivity index (χ3n) is 3.40. The minimum atomic E-state index is -0.740. The van der Waals surface area contributed by atoms with Gasteiger partial charge in [-0.15, -0.1) is 0 Å². The Morgan fingerprint density at radius 2 is 2.05 bits per heavy atom. The highest BCUT2D eigenvalue weighted by atomic mass is 16.5. The van der Waals surface area contributed by atoms with Gasteiger partial charge in [-0.25, -0.2) is 4.79 Å². The second-order valence-electron chi connectivity index (χ2n) is 5.06. The number of carbonyl (C=O) groups excluding carboxylic acids is 2. The van der Waals surface area contributed by atoms with Crippen LogP contribution in [0, 0.1) is 5.92 Å². The highest BCUT2D eigenvalue weighted by Crippen LogP contribution is 2.16. The smallest absolute Gasteiger partial charge is 0.376 e. The van der Waals surface area contributed by atoms with Gasteiger partial charge in [0.15, 0.2) is 0 Å². The van der Waals surface area contributed by atoms with Gasteiger partial charge >= 0.3 is 5.97 Å². The highest BCUT2D eigenvalue weighted by molar-refractivity contribution is 6.35. The summed E-state index contributed by atoms with van der Waals surface area (Å²) in [5, 5.41) is 3.08. The molecule has 0 aliphatic carbocycles. The molecule has 19 heavy (non-hydrogen) atoms. The molecule has 1 aliphatic rings. The Hall–Kier alpha value is -1.68. The fourth-order valence-electron chi connectivity index (χ4n) is 2.24. The molecule has 1 N–H and O–H groups in total. The van der Waals surface area contributed by atoms with Crippen LogP contribution in [0.1, 0.15) is 25.3 Å². The number of benzene rings is 1. The van der Waals surface area contributed by atoms with Crippen LogP contribution in [0.25, 0.3) is 0 Å². The summed E-state index contributed by atoms with van der Waals surface area (Å²) in [5.74, 6) is -0.727. The van der Waals surface area contributed by atoms with Gasteiger partial charge in [-0.2, -0.15) is 0 Å². The third-order valence-corrected chi connectivity index (χ3v) is 3.40. The molecule has 1 fully saturated rings. The number of hydrogen-bond acceptors (Lipinski definition) is 4. The van der Waals surface area contributed by atoms with Crippen molar-refractivity contribution in [3.05, 3.63) is 35.9 Å². The van der Waals surface area contributed by atoms with E-state index in [1.54, 1.807) is 0 Å². The lowest BCUT2D eigenvalue weighted by molar-refractivity contribution is -0.156. The highest BCUT2D eigenvalue weighted by Gasteiger charge is 2.30. The zero-order valence-corrected chi connectivity index (χ0v) is 11.1. The lowest BCUT2D eigenvalue weighted by Crippen LogP contribution is -2.46. The molecule has 1 unspecified atom stereocenters. The molecule has 1 aliphatic heterocycles. The van der Waals surface area contributed by atoms with Crippen molar-refractivity contribution in [3.8, 4) is 0 Å². The summed E-state index contributed by atoms with van der Waals surface area (Å²) in [4.78, 5) is 23.6. The molecule has 102 valence electrons. The second kappa shape index (κ2) is 6.48. The number of carbonyl (C=O) groups is 2. The number of rotatable bonds is 4. The molecule has 0 spiro atoms. The molecule has 0 saturated carbocycles. The van der Waals surface area contributed by atoms with Gasteiger partial charge in [0.1, 0.15) is 6.61 Å². The maximum Gasteiger partial charge on any atom is 0.376 e. The topological polar surface area (TPSA) is 55.4 Å². The molecule has 0 amide bonds. The minimum Gasteiger partial charge on any atom is -0.455 e. The molecule has 1 saturated heterocycles. The van der Waals surface area contributed by atoms with Gasteiger partial charge < -0.3 is 10.1 Å². The van der Waals surface area contributed by atoms with E-state index < -0.39 is 11.8 Å². The van der Waals surface area contributed by atoms with E-state index in [0.717, 1.165) is 18.5 Å². The first-order chi connectivity index (χ1) is 9.16. The van der Waals surface area contributed by atoms with E-state index in [2.05, 4.69) is 12.2 Å². The summed E-state index contributed by atoms with van der Waals surface area (Å²) in [6, 6.07) is 8.97. The van der Waals surface area contributed by atoms with E-state index in [1.165, 1.54) is 0 Å². The van der Waals surface area contributed by atoms with Crippen LogP contribution in [0.3, 0.4) is 0 Å². The maximum absolute atomic E-state index is 11.9. The van der Waals surface area contributed by atoms with E-state index >= 15 is 0 Å². The lowest BCUT2D eigenvalue weighted by atomic mass is 9.92. The minimum absolute atomic E-state index is 0.147. The Bertz CT molecular complexity index is 444. The third kappa shape index (κ3) is 3.89. The zero-order chi connectivity index (χ0) is 13.7. The van der Waals surface area contributed by atoms with Gasteiger partial charge in [0.2, 0.25) is 0 Å². The van der Waals surface area contributed by atoms with Crippen molar-refractivity contribution >= 4 is 11.8 Å². The zero-order valence-electron chi connectivity index (χ0n) is 11.1. The fraction of sp³-hybridized carbons (Fsp3) is 0.467. The van der Waals surface area contributed by atoms with Crippen LogP contribution in [0.2, 0.25) is 0 Å². The van der Waals surface area contributed by atoms with Gasteiger partial charge in [-0.05, 0) is 30.9 Å². The monoisotopic (exact) mass is 261 g/mol. The van der Waals surface area contributed by atoms with Crippen molar-refractivity contribution in [2.45, 2.75) is 32.4 Å². The van der Waals surface area contributed by atoms with Crippen molar-refractivity contribution in [3.63, 3.8) is 0 Å². The molecule has 2 atom stereocenters. The van der Waals surface area contributed by atoms with Gasteiger partial charge in [-0.3, -0.25) is 4.79 Å². The molecule has 1 aromatic carbocycles. The van der Waals surface area contributed by atoms with E-state index in [1.807, 2.05) is 30.3 Å². The summed E-state index contributed by atoms with van der Waals surface area (Å²) in [6.45, 7) is 3.02. The van der Waals surface area contributed by atoms with Crippen molar-refractivity contribution in [2.24, 2.45) is 5.92 Å². The van der Waals surface area contributed by atoms with E-state index in [9.17, 15) is 9.59 Å². The Morgan fingerprint density at radius 3 is 2.74 bits per heavy atom. The number of esters is 1. The Balaban J connectivity index is 1.84. The van der Waals surface area contributed by atoms with E-state index in [4.69, 9.17) is 4.74 Å². The normalized spacial score (nSPS) is 22.8. The van der Waals surface area contributed by atoms with Crippen molar-refractivity contribution in [1.82, 2.24) is 5.32 Å². The number of hydrogen-bond donors (Lipinski definition) is 1. The SMILES string of the molecule is CC1CCN[C@H](C(=O)C(=O)OCc2ccccc2)C1. The lowest BCUT2D eigenvalue weighted by Gasteiger charge is -2.26. The quantitative estimate of drug-likeness (QED) is 0.662. The standard InChI is InChI=1S/C15H19NO3/c1-11-7-8-16-13(9-11)14(17)15(18)19-10-12-5-3-2-4-6-12/h2-6,11,13,16H,7-10H2,1H3/t11?,13-/m0/s1. The first-order valence-electron chi connectivity index (χ1n) is 6.65. The predicted molar refractivity (Wildman–Crippen MR) is 71.4 cm³/mol. The van der Waals surface area contributed by atoms with E-state index in [-0.39, 0.29) is 12.6 Å². The summed E-state index contributed by atoms with van der Waals surface area (Å²) in [7, 11) is 0. The maximum atomic E-state index is 11.9. The van der Waals surface area contributed by atoms with Gasteiger partial charge in [-0.1, -0.05) is 37.3 Å². The van der Waals surface area contributed by atoms with Gasteiger partial charge in [0.05, 0.1) is 6.04 Å². The second-order valence-corrected chi connectivity index (χ2v) is 5.06. The number of Topliss-reactive ketones (excluding diaryl/α,β-unsaturated/α-hetero) is 1. The first-order valence-corrected chi connectivity index (χ1v) is 6.65. The van der Waals surface area contributed by atoms with E-state index in [0.29, 0.717) is 12.3 Å². The molecule has 0 radical (unpaired) electrons. The summed E-state index contributed by atoms with van der Waals surface area (Å²) in [5.41, 5.74) is 0.883. The summed E-state index contributed by atoms with van der Waals surface area (Å²) >= 11 is 0. The van der Waals surface area contributed by atoms with Crippen LogP contribution in [-0.4, -0.2) is 24.3 Å². The molecule has 0 bridgehead atoms. The van der Waals surface area contributed by atoms with Crippen molar-refractivity contribution < 1.29 is 14.3 Å². The molecule has 0 aromatic heterocycles. The average molecular weight is 261 g/mol. The van der Waals surface area contributed by atoms with Crippen LogP contribution < -0.4 is 5.32 Å². The molecule has 2 rings (SSSR count). The van der Waals surface area contributed by atoms with Crippen LogP contribution >= 0.6 is 0 Å². The van der Waals surface area contributed by atoms with Crippen LogP contribution in [0.15, 0.2) is 30.3 Å². The number of ketones is 1. The van der Waals surface area contributed by atoms with Crippen LogP contribution in [-0.2, 0) is 20.9 Å². The van der Waals surface area contributed by atoms with Crippen LogP contribution in [0.4, 0.5) is 0 Å². The largest absolute Gasteiger partial charge is 0.455 e. The Kier molecular flexibility index (Phi) is 4.68. The number of nitrogens with one attached hydrogen (secondary N) is 1. The van der Waals surface area contributed by atoms with Crippen LogP contribution in [0.5, 0.6) is 0 Å². The molecular weight excluding hydrogens is 242 g/mol.